The molecule has 8 heteroatoms. The van der Waals surface area contributed by atoms with Crippen molar-refractivity contribution in [3.05, 3.63) is 59.2 Å². The Hall–Kier alpha value is -2.71. The number of aliphatic carboxylic acids is 1. The van der Waals surface area contributed by atoms with Crippen molar-refractivity contribution in [3.63, 3.8) is 0 Å². The Bertz CT molecular complexity index is 1080. The fraction of sp³-hybridized carbons (Fsp3) is 0.333. The predicted octanol–water partition coefficient (Wildman–Crippen LogP) is 2.19. The molecule has 2 aliphatic rings. The smallest absolute Gasteiger partial charge is 0.303 e. The van der Waals surface area contributed by atoms with Gasteiger partial charge in [-0.1, -0.05) is 24.3 Å². The molecule has 0 saturated carbocycles. The van der Waals surface area contributed by atoms with Gasteiger partial charge >= 0.3 is 5.97 Å². The van der Waals surface area contributed by atoms with E-state index in [0.29, 0.717) is 38.2 Å². The highest BCUT2D eigenvalue weighted by molar-refractivity contribution is 7.89. The number of fused-ring (bicyclic) bond motifs is 2. The number of amides is 1. The second-order valence-electron chi connectivity index (χ2n) is 7.34. The van der Waals surface area contributed by atoms with E-state index in [-0.39, 0.29) is 23.6 Å². The normalized spacial score (nSPS) is 16.3. The van der Waals surface area contributed by atoms with Crippen LogP contribution in [0.2, 0.25) is 0 Å². The number of carbonyl (C=O) groups is 2. The Morgan fingerprint density at radius 3 is 2.41 bits per heavy atom. The highest BCUT2D eigenvalue weighted by Gasteiger charge is 2.31. The summed E-state index contributed by atoms with van der Waals surface area (Å²) >= 11 is 0. The molecule has 0 atom stereocenters. The van der Waals surface area contributed by atoms with Gasteiger partial charge in [0.15, 0.2) is 0 Å². The molecule has 2 heterocycles. The third-order valence-electron chi connectivity index (χ3n) is 5.53. The van der Waals surface area contributed by atoms with Crippen LogP contribution in [0.25, 0.3) is 0 Å². The summed E-state index contributed by atoms with van der Waals surface area (Å²) in [6.07, 6.45) is 0.960. The third kappa shape index (κ3) is 3.77. The van der Waals surface area contributed by atoms with Crippen molar-refractivity contribution in [1.29, 1.82) is 0 Å². The molecule has 0 radical (unpaired) electrons. The molecule has 4 rings (SSSR count). The Morgan fingerprint density at radius 1 is 0.931 bits per heavy atom. The van der Waals surface area contributed by atoms with Gasteiger partial charge in [-0.3, -0.25) is 9.59 Å². The van der Waals surface area contributed by atoms with E-state index in [1.807, 2.05) is 24.3 Å². The van der Waals surface area contributed by atoms with Crippen LogP contribution in [-0.2, 0) is 39.0 Å². The molecule has 0 spiro atoms. The Balaban J connectivity index is 1.55. The van der Waals surface area contributed by atoms with Gasteiger partial charge in [0.1, 0.15) is 0 Å². The maximum Gasteiger partial charge on any atom is 0.303 e. The number of sulfonamides is 1. The zero-order valence-corrected chi connectivity index (χ0v) is 16.7. The van der Waals surface area contributed by atoms with Gasteiger partial charge in [0, 0.05) is 31.7 Å². The van der Waals surface area contributed by atoms with Crippen molar-refractivity contribution in [1.82, 2.24) is 4.31 Å². The van der Waals surface area contributed by atoms with Crippen molar-refractivity contribution in [2.45, 2.75) is 37.1 Å². The average molecular weight is 414 g/mol. The molecular weight excluding hydrogens is 392 g/mol. The SMILES string of the molecule is O=C(O)CCC(=O)N1CCc2cc(S(=O)(=O)N3CCc4ccccc4C3)ccc21. The van der Waals surface area contributed by atoms with Gasteiger partial charge in [0.2, 0.25) is 15.9 Å². The van der Waals surface area contributed by atoms with Gasteiger partial charge in [0.05, 0.1) is 11.3 Å². The molecule has 0 aliphatic carbocycles. The Kier molecular flexibility index (Phi) is 5.14. The molecule has 29 heavy (non-hydrogen) atoms. The van der Waals surface area contributed by atoms with Crippen LogP contribution in [0.3, 0.4) is 0 Å². The van der Waals surface area contributed by atoms with Crippen LogP contribution in [0, 0.1) is 0 Å². The zero-order chi connectivity index (χ0) is 20.6. The summed E-state index contributed by atoms with van der Waals surface area (Å²) in [7, 11) is -3.63. The predicted molar refractivity (Wildman–Crippen MR) is 107 cm³/mol. The van der Waals surface area contributed by atoms with Crippen LogP contribution in [0.1, 0.15) is 29.5 Å². The number of benzene rings is 2. The molecule has 0 unspecified atom stereocenters. The van der Waals surface area contributed by atoms with Gasteiger partial charge in [-0.05, 0) is 47.7 Å². The van der Waals surface area contributed by atoms with Gasteiger partial charge in [-0.15, -0.1) is 0 Å². The molecule has 0 fully saturated rings. The summed E-state index contributed by atoms with van der Waals surface area (Å²) in [6, 6.07) is 12.7. The molecule has 2 aromatic rings. The van der Waals surface area contributed by atoms with Crippen molar-refractivity contribution >= 4 is 27.6 Å². The molecule has 0 aromatic heterocycles. The number of carbonyl (C=O) groups excluding carboxylic acids is 1. The topological polar surface area (TPSA) is 95.0 Å². The summed E-state index contributed by atoms with van der Waals surface area (Å²) in [4.78, 5) is 24.8. The first-order valence-electron chi connectivity index (χ1n) is 9.58. The lowest BCUT2D eigenvalue weighted by Crippen LogP contribution is -2.36. The van der Waals surface area contributed by atoms with Crippen molar-refractivity contribution in [2.75, 3.05) is 18.0 Å². The zero-order valence-electron chi connectivity index (χ0n) is 15.9. The monoisotopic (exact) mass is 414 g/mol. The second-order valence-corrected chi connectivity index (χ2v) is 9.27. The minimum absolute atomic E-state index is 0.0675. The van der Waals surface area contributed by atoms with Crippen LogP contribution in [0.5, 0.6) is 0 Å². The van der Waals surface area contributed by atoms with Gasteiger partial charge in [0.25, 0.3) is 0 Å². The minimum Gasteiger partial charge on any atom is -0.481 e. The number of anilines is 1. The Morgan fingerprint density at radius 2 is 1.66 bits per heavy atom. The fourth-order valence-electron chi connectivity index (χ4n) is 3.97. The highest BCUT2D eigenvalue weighted by atomic mass is 32.2. The standard InChI is InChI=1S/C21H22N2O5S/c24-20(7-8-21(25)26)23-12-10-16-13-18(5-6-19(16)23)29(27,28)22-11-9-15-3-1-2-4-17(15)14-22/h1-6,13H,7-12,14H2,(H,25,26). The lowest BCUT2D eigenvalue weighted by molar-refractivity contribution is -0.138. The molecule has 0 saturated heterocycles. The number of rotatable bonds is 5. The number of hydrogen-bond donors (Lipinski definition) is 1. The van der Waals surface area contributed by atoms with Gasteiger partial charge < -0.3 is 10.0 Å². The first-order chi connectivity index (χ1) is 13.9. The van der Waals surface area contributed by atoms with Gasteiger partial charge in [-0.25, -0.2) is 8.42 Å². The summed E-state index contributed by atoms with van der Waals surface area (Å²) < 4.78 is 27.8. The lowest BCUT2D eigenvalue weighted by Gasteiger charge is -2.28. The van der Waals surface area contributed by atoms with Crippen molar-refractivity contribution < 1.29 is 23.1 Å². The van der Waals surface area contributed by atoms with E-state index in [0.717, 1.165) is 11.1 Å². The van der Waals surface area contributed by atoms with Crippen molar-refractivity contribution in [3.8, 4) is 0 Å². The molecule has 1 N–H and O–H groups in total. The van der Waals surface area contributed by atoms with Crippen LogP contribution < -0.4 is 4.90 Å². The largest absolute Gasteiger partial charge is 0.481 e. The lowest BCUT2D eigenvalue weighted by atomic mass is 10.0. The first-order valence-corrected chi connectivity index (χ1v) is 11.0. The highest BCUT2D eigenvalue weighted by Crippen LogP contribution is 2.33. The molecule has 2 aliphatic heterocycles. The second kappa shape index (κ2) is 7.61. The van der Waals surface area contributed by atoms with E-state index in [1.54, 1.807) is 17.0 Å². The van der Waals surface area contributed by atoms with E-state index in [2.05, 4.69) is 0 Å². The quantitative estimate of drug-likeness (QED) is 0.809. The third-order valence-corrected chi connectivity index (χ3v) is 7.37. The van der Waals surface area contributed by atoms with Crippen LogP contribution in [-0.4, -0.2) is 42.8 Å². The van der Waals surface area contributed by atoms with Crippen molar-refractivity contribution in [2.24, 2.45) is 0 Å². The molecule has 7 nitrogen and oxygen atoms in total. The number of carboxylic acid groups (broad SMARTS) is 1. The number of carboxylic acids is 1. The Labute approximate surface area is 169 Å². The molecule has 0 bridgehead atoms. The van der Waals surface area contributed by atoms with E-state index < -0.39 is 16.0 Å². The summed E-state index contributed by atoms with van der Waals surface area (Å²) in [5.74, 6) is -1.27. The summed E-state index contributed by atoms with van der Waals surface area (Å²) in [6.45, 7) is 1.24. The summed E-state index contributed by atoms with van der Waals surface area (Å²) in [5.41, 5.74) is 3.68. The van der Waals surface area contributed by atoms with E-state index in [9.17, 15) is 18.0 Å². The molecule has 2 aromatic carbocycles. The average Bonchev–Trinajstić information content (AvgIpc) is 3.15. The first kappa shape index (κ1) is 19.6. The summed E-state index contributed by atoms with van der Waals surface area (Å²) in [5, 5.41) is 8.77. The van der Waals surface area contributed by atoms with Crippen LogP contribution in [0.4, 0.5) is 5.69 Å². The van der Waals surface area contributed by atoms with E-state index in [4.69, 9.17) is 5.11 Å². The van der Waals surface area contributed by atoms with Crippen LogP contribution in [0.15, 0.2) is 47.4 Å². The minimum atomic E-state index is -3.63. The fourth-order valence-corrected chi connectivity index (χ4v) is 5.44. The maximum atomic E-state index is 13.2. The van der Waals surface area contributed by atoms with E-state index in [1.165, 1.54) is 15.9 Å². The maximum absolute atomic E-state index is 13.2. The van der Waals surface area contributed by atoms with Gasteiger partial charge in [-0.2, -0.15) is 4.31 Å². The number of nitrogens with zero attached hydrogens (tertiary/aromatic N) is 2. The molecule has 1 amide bonds. The van der Waals surface area contributed by atoms with Crippen LogP contribution >= 0.6 is 0 Å². The molecular formula is C21H22N2O5S. The molecule has 152 valence electrons. The number of hydrogen-bond acceptors (Lipinski definition) is 4. The van der Waals surface area contributed by atoms with E-state index >= 15 is 0 Å².